The van der Waals surface area contributed by atoms with Crippen LogP contribution in [0, 0.1) is 5.92 Å². The van der Waals surface area contributed by atoms with Gasteiger partial charge in [0, 0.05) is 56.5 Å². The third-order valence-corrected chi connectivity index (χ3v) is 5.97. The van der Waals surface area contributed by atoms with Crippen LogP contribution in [-0.2, 0) is 19.4 Å². The maximum absolute atomic E-state index is 5.11. The number of halogens is 2. The third kappa shape index (κ3) is 4.61. The Balaban J connectivity index is 0.00000112. The number of anilines is 1. The number of hydrogen-bond acceptors (Lipinski definition) is 5. The van der Waals surface area contributed by atoms with Gasteiger partial charge in [0.05, 0.1) is 12.0 Å². The van der Waals surface area contributed by atoms with E-state index in [2.05, 4.69) is 26.0 Å². The van der Waals surface area contributed by atoms with Gasteiger partial charge in [0.2, 0.25) is 0 Å². The molecule has 2 aromatic rings. The van der Waals surface area contributed by atoms with Gasteiger partial charge in [-0.1, -0.05) is 0 Å². The largest absolute Gasteiger partial charge is 0.356 e. The zero-order chi connectivity index (χ0) is 17.3. The highest BCUT2D eigenvalue weighted by Gasteiger charge is 2.31. The molecule has 2 aliphatic heterocycles. The molecule has 28 heavy (non-hydrogen) atoms. The van der Waals surface area contributed by atoms with Crippen molar-refractivity contribution in [3.05, 3.63) is 35.8 Å². The molecular formula is C20H30Cl2N6. The molecule has 2 aromatic heterocycles. The number of fused-ring (bicyclic) bond motifs is 1. The number of nitrogens with one attached hydrogen (secondary N) is 1. The molecule has 1 N–H and O–H groups in total. The van der Waals surface area contributed by atoms with Gasteiger partial charge in [-0.05, 0) is 44.6 Å². The van der Waals surface area contributed by atoms with Crippen molar-refractivity contribution in [2.75, 3.05) is 31.1 Å². The summed E-state index contributed by atoms with van der Waals surface area (Å²) in [5, 5.41) is 3.53. The van der Waals surface area contributed by atoms with Gasteiger partial charge < -0.3 is 14.8 Å². The first-order valence-electron chi connectivity index (χ1n) is 10.2. The van der Waals surface area contributed by atoms with E-state index in [1.165, 1.54) is 42.8 Å². The SMILES string of the molecule is Cl.Cl.c1cn(CC2CCCN(c3nc(C4CC4)nc4c3CCNCC4)C2)cn1. The Hall–Kier alpha value is -1.37. The second-order valence-corrected chi connectivity index (χ2v) is 8.07. The zero-order valence-electron chi connectivity index (χ0n) is 16.2. The molecule has 154 valence electrons. The molecule has 6 nitrogen and oxygen atoms in total. The van der Waals surface area contributed by atoms with Crippen LogP contribution in [0.2, 0.25) is 0 Å². The van der Waals surface area contributed by atoms with Crippen molar-refractivity contribution in [3.63, 3.8) is 0 Å². The molecule has 8 heteroatoms. The molecule has 1 saturated heterocycles. The maximum Gasteiger partial charge on any atom is 0.135 e. The fourth-order valence-corrected chi connectivity index (χ4v) is 4.43. The molecule has 0 aromatic carbocycles. The smallest absolute Gasteiger partial charge is 0.135 e. The molecule has 0 amide bonds. The van der Waals surface area contributed by atoms with Crippen LogP contribution in [-0.4, -0.2) is 45.7 Å². The van der Waals surface area contributed by atoms with Crippen molar-refractivity contribution in [1.29, 1.82) is 0 Å². The fourth-order valence-electron chi connectivity index (χ4n) is 4.43. The minimum atomic E-state index is 0. The molecule has 0 radical (unpaired) electrons. The van der Waals surface area contributed by atoms with Gasteiger partial charge in [-0.2, -0.15) is 0 Å². The van der Waals surface area contributed by atoms with Gasteiger partial charge >= 0.3 is 0 Å². The van der Waals surface area contributed by atoms with E-state index < -0.39 is 0 Å². The van der Waals surface area contributed by atoms with E-state index in [0.717, 1.165) is 51.4 Å². The van der Waals surface area contributed by atoms with Gasteiger partial charge in [0.1, 0.15) is 11.6 Å². The quantitative estimate of drug-likeness (QED) is 0.816. The average molecular weight is 425 g/mol. The Bertz CT molecular complexity index is 762. The van der Waals surface area contributed by atoms with Crippen LogP contribution < -0.4 is 10.2 Å². The molecule has 5 rings (SSSR count). The van der Waals surface area contributed by atoms with E-state index >= 15 is 0 Å². The highest BCUT2D eigenvalue weighted by atomic mass is 35.5. The highest BCUT2D eigenvalue weighted by Crippen LogP contribution is 2.40. The molecule has 1 saturated carbocycles. The predicted molar refractivity (Wildman–Crippen MR) is 116 cm³/mol. The van der Waals surface area contributed by atoms with Crippen molar-refractivity contribution in [2.45, 2.75) is 51.0 Å². The number of rotatable bonds is 4. The Morgan fingerprint density at radius 2 is 1.93 bits per heavy atom. The Labute approximate surface area is 179 Å². The second kappa shape index (κ2) is 9.42. The highest BCUT2D eigenvalue weighted by molar-refractivity contribution is 5.85. The topological polar surface area (TPSA) is 58.9 Å². The Morgan fingerprint density at radius 3 is 2.71 bits per heavy atom. The van der Waals surface area contributed by atoms with E-state index in [9.17, 15) is 0 Å². The van der Waals surface area contributed by atoms with Gasteiger partial charge in [0.15, 0.2) is 0 Å². The van der Waals surface area contributed by atoms with Crippen LogP contribution in [0.4, 0.5) is 5.82 Å². The summed E-state index contributed by atoms with van der Waals surface area (Å²) in [6.45, 7) is 5.36. The molecule has 3 aliphatic rings. The lowest BCUT2D eigenvalue weighted by Gasteiger charge is -2.35. The van der Waals surface area contributed by atoms with Crippen LogP contribution in [0.5, 0.6) is 0 Å². The van der Waals surface area contributed by atoms with Crippen LogP contribution in [0.15, 0.2) is 18.7 Å². The molecule has 4 heterocycles. The number of nitrogens with zero attached hydrogens (tertiary/aromatic N) is 5. The van der Waals surface area contributed by atoms with Crippen LogP contribution >= 0.6 is 24.8 Å². The lowest BCUT2D eigenvalue weighted by atomic mass is 9.97. The van der Waals surface area contributed by atoms with Gasteiger partial charge in [-0.15, -0.1) is 24.8 Å². The first-order chi connectivity index (χ1) is 12.9. The normalized spacial score (nSPS) is 21.9. The van der Waals surface area contributed by atoms with E-state index in [1.807, 2.05) is 12.5 Å². The summed E-state index contributed by atoms with van der Waals surface area (Å²) < 4.78 is 2.22. The van der Waals surface area contributed by atoms with Crippen molar-refractivity contribution < 1.29 is 0 Å². The Kier molecular flexibility index (Phi) is 7.18. The summed E-state index contributed by atoms with van der Waals surface area (Å²) in [4.78, 5) is 16.8. The lowest BCUT2D eigenvalue weighted by molar-refractivity contribution is 0.364. The number of hydrogen-bond donors (Lipinski definition) is 1. The minimum Gasteiger partial charge on any atom is -0.356 e. The van der Waals surface area contributed by atoms with Crippen molar-refractivity contribution >= 4 is 30.6 Å². The monoisotopic (exact) mass is 424 g/mol. The average Bonchev–Trinajstić information content (AvgIpc) is 3.44. The number of imidazole rings is 1. The molecule has 1 unspecified atom stereocenters. The maximum atomic E-state index is 5.11. The van der Waals surface area contributed by atoms with E-state index in [-0.39, 0.29) is 24.8 Å². The van der Waals surface area contributed by atoms with Crippen LogP contribution in [0.25, 0.3) is 0 Å². The molecule has 1 atom stereocenters. The molecule has 0 spiro atoms. The molecule has 1 aliphatic carbocycles. The zero-order valence-corrected chi connectivity index (χ0v) is 17.9. The number of aromatic nitrogens is 4. The minimum absolute atomic E-state index is 0. The number of piperidine rings is 1. The summed E-state index contributed by atoms with van der Waals surface area (Å²) in [6.07, 6.45) is 13.0. The van der Waals surface area contributed by atoms with Gasteiger partial charge in [0.25, 0.3) is 0 Å². The first-order valence-corrected chi connectivity index (χ1v) is 10.2. The molecular weight excluding hydrogens is 395 g/mol. The summed E-state index contributed by atoms with van der Waals surface area (Å²) >= 11 is 0. The Morgan fingerprint density at radius 1 is 1.07 bits per heavy atom. The molecule has 0 bridgehead atoms. The van der Waals surface area contributed by atoms with E-state index in [0.29, 0.717) is 11.8 Å². The van der Waals surface area contributed by atoms with E-state index in [4.69, 9.17) is 9.97 Å². The van der Waals surface area contributed by atoms with E-state index in [1.54, 1.807) is 0 Å². The first kappa shape index (κ1) is 21.3. The van der Waals surface area contributed by atoms with Gasteiger partial charge in [-0.3, -0.25) is 0 Å². The van der Waals surface area contributed by atoms with Crippen molar-refractivity contribution in [1.82, 2.24) is 24.8 Å². The van der Waals surface area contributed by atoms with Gasteiger partial charge in [-0.25, -0.2) is 15.0 Å². The van der Waals surface area contributed by atoms with Crippen molar-refractivity contribution in [3.8, 4) is 0 Å². The standard InChI is InChI=1S/C20H28N6.2ClH/c1-2-15(12-25-11-9-22-14-25)13-26(10-1)20-17-5-7-21-8-6-18(17)23-19(24-20)16-3-4-16;;/h9,11,14-16,21H,1-8,10,12-13H2;2*1H. The lowest BCUT2D eigenvalue weighted by Crippen LogP contribution is -2.38. The summed E-state index contributed by atoms with van der Waals surface area (Å²) in [7, 11) is 0. The molecule has 2 fully saturated rings. The second-order valence-electron chi connectivity index (χ2n) is 8.07. The van der Waals surface area contributed by atoms with Crippen molar-refractivity contribution in [2.24, 2.45) is 5.92 Å². The predicted octanol–water partition coefficient (Wildman–Crippen LogP) is 3.00. The van der Waals surface area contributed by atoms with Crippen LogP contribution in [0.3, 0.4) is 0 Å². The summed E-state index contributed by atoms with van der Waals surface area (Å²) in [5.74, 6) is 3.63. The summed E-state index contributed by atoms with van der Waals surface area (Å²) in [6, 6.07) is 0. The third-order valence-electron chi connectivity index (χ3n) is 5.97. The van der Waals surface area contributed by atoms with Crippen LogP contribution in [0.1, 0.15) is 48.7 Å². The fraction of sp³-hybridized carbons (Fsp3) is 0.650. The summed E-state index contributed by atoms with van der Waals surface area (Å²) in [5.41, 5.74) is 2.71.